The first-order valence-corrected chi connectivity index (χ1v) is 8.87. The van der Waals surface area contributed by atoms with E-state index in [9.17, 15) is 12.8 Å². The van der Waals surface area contributed by atoms with Gasteiger partial charge in [0.2, 0.25) is 10.0 Å². The highest BCUT2D eigenvalue weighted by Gasteiger charge is 2.27. The van der Waals surface area contributed by atoms with Gasteiger partial charge in [-0.25, -0.2) is 17.5 Å². The van der Waals surface area contributed by atoms with Crippen molar-refractivity contribution >= 4 is 15.7 Å². The normalized spacial score (nSPS) is 18.6. The largest absolute Gasteiger partial charge is 0.399 e. The van der Waals surface area contributed by atoms with Gasteiger partial charge in [-0.2, -0.15) is 0 Å². The molecule has 1 aromatic rings. The lowest BCUT2D eigenvalue weighted by Gasteiger charge is -2.28. The molecular weight excluding hydrogens is 291 g/mol. The van der Waals surface area contributed by atoms with Gasteiger partial charge in [0.1, 0.15) is 10.7 Å². The van der Waals surface area contributed by atoms with Crippen LogP contribution in [0, 0.1) is 18.7 Å². The predicted molar refractivity (Wildman–Crippen MR) is 81.9 cm³/mol. The lowest BCUT2D eigenvalue weighted by Crippen LogP contribution is -2.39. The highest BCUT2D eigenvalue weighted by atomic mass is 32.2. The summed E-state index contributed by atoms with van der Waals surface area (Å²) in [7, 11) is -3.89. The number of hydrogen-bond acceptors (Lipinski definition) is 3. The number of rotatable bonds is 4. The number of hydrogen-bond donors (Lipinski definition) is 2. The molecule has 3 N–H and O–H groups in total. The quantitative estimate of drug-likeness (QED) is 0.839. The first-order chi connectivity index (χ1) is 9.81. The number of halogens is 1. The number of aryl methyl sites for hydroxylation is 1. The third kappa shape index (κ3) is 3.74. The monoisotopic (exact) mass is 314 g/mol. The van der Waals surface area contributed by atoms with Crippen molar-refractivity contribution in [1.82, 2.24) is 4.72 Å². The topological polar surface area (TPSA) is 72.2 Å². The summed E-state index contributed by atoms with van der Waals surface area (Å²) in [5.74, 6) is -0.411. The van der Waals surface area contributed by atoms with Crippen molar-refractivity contribution < 1.29 is 12.8 Å². The Morgan fingerprint density at radius 1 is 1.29 bits per heavy atom. The minimum atomic E-state index is -3.89. The molecular formula is C15H23FN2O2S. The second-order valence-electron chi connectivity index (χ2n) is 5.96. The summed E-state index contributed by atoms with van der Waals surface area (Å²) in [4.78, 5) is -0.359. The van der Waals surface area contributed by atoms with Crippen LogP contribution in [-0.4, -0.2) is 14.5 Å². The highest BCUT2D eigenvalue weighted by Crippen LogP contribution is 2.28. The molecule has 6 heteroatoms. The zero-order valence-electron chi connectivity index (χ0n) is 12.5. The van der Waals surface area contributed by atoms with Crippen molar-refractivity contribution in [2.24, 2.45) is 5.92 Å². The van der Waals surface area contributed by atoms with Gasteiger partial charge in [0, 0.05) is 11.7 Å². The summed E-state index contributed by atoms with van der Waals surface area (Å²) in [5.41, 5.74) is 6.13. The molecule has 1 atom stereocenters. The smallest absolute Gasteiger partial charge is 0.243 e. The van der Waals surface area contributed by atoms with E-state index in [4.69, 9.17) is 5.73 Å². The molecule has 0 spiro atoms. The van der Waals surface area contributed by atoms with E-state index in [1.165, 1.54) is 25.5 Å². The average molecular weight is 314 g/mol. The standard InChI is InChI=1S/C15H23FN2O2S/c1-10-8-13(17)9-14(15(10)16)21(19,20)18-11(2)12-6-4-3-5-7-12/h8-9,11-12,18H,3-7,17H2,1-2H3. The molecule has 1 aliphatic carbocycles. The maximum absolute atomic E-state index is 14.1. The van der Waals surface area contributed by atoms with Crippen LogP contribution in [0.4, 0.5) is 10.1 Å². The van der Waals surface area contributed by atoms with Crippen LogP contribution in [0.1, 0.15) is 44.6 Å². The van der Waals surface area contributed by atoms with E-state index in [0.29, 0.717) is 5.92 Å². The van der Waals surface area contributed by atoms with Crippen molar-refractivity contribution in [3.63, 3.8) is 0 Å². The Balaban J connectivity index is 2.22. The van der Waals surface area contributed by atoms with Gasteiger partial charge in [-0.3, -0.25) is 0 Å². The Bertz CT molecular complexity index is 610. The summed E-state index contributed by atoms with van der Waals surface area (Å²) in [6.45, 7) is 3.36. The van der Waals surface area contributed by atoms with Gasteiger partial charge in [-0.1, -0.05) is 19.3 Å². The minimum absolute atomic E-state index is 0.198. The Hall–Kier alpha value is -1.14. The van der Waals surface area contributed by atoms with Gasteiger partial charge in [0.05, 0.1) is 0 Å². The van der Waals surface area contributed by atoms with E-state index in [0.717, 1.165) is 25.7 Å². The number of anilines is 1. The van der Waals surface area contributed by atoms with Crippen molar-refractivity contribution in [2.75, 3.05) is 5.73 Å². The van der Waals surface area contributed by atoms with Crippen LogP contribution in [0.5, 0.6) is 0 Å². The molecule has 1 aliphatic rings. The third-order valence-corrected chi connectivity index (χ3v) is 5.79. The Morgan fingerprint density at radius 2 is 1.90 bits per heavy atom. The van der Waals surface area contributed by atoms with Crippen molar-refractivity contribution in [2.45, 2.75) is 56.9 Å². The van der Waals surface area contributed by atoms with Crippen LogP contribution in [0.2, 0.25) is 0 Å². The van der Waals surface area contributed by atoms with E-state index < -0.39 is 15.8 Å². The van der Waals surface area contributed by atoms with Crippen LogP contribution < -0.4 is 10.5 Å². The number of nitrogens with two attached hydrogens (primary N) is 1. The van der Waals surface area contributed by atoms with E-state index in [1.54, 1.807) is 0 Å². The molecule has 0 aromatic heterocycles. The molecule has 21 heavy (non-hydrogen) atoms. The maximum atomic E-state index is 14.1. The van der Waals surface area contributed by atoms with Gasteiger partial charge in [-0.15, -0.1) is 0 Å². The summed E-state index contributed by atoms with van der Waals surface area (Å²) >= 11 is 0. The first kappa shape index (κ1) is 16.2. The molecule has 0 aliphatic heterocycles. The summed E-state index contributed by atoms with van der Waals surface area (Å²) < 4.78 is 41.5. The molecule has 2 rings (SSSR count). The van der Waals surface area contributed by atoms with E-state index in [1.807, 2.05) is 6.92 Å². The molecule has 4 nitrogen and oxygen atoms in total. The molecule has 118 valence electrons. The molecule has 0 amide bonds. The van der Waals surface area contributed by atoms with Gasteiger partial charge in [-0.05, 0) is 50.3 Å². The lowest BCUT2D eigenvalue weighted by atomic mass is 9.85. The van der Waals surface area contributed by atoms with Crippen LogP contribution in [-0.2, 0) is 10.0 Å². The Labute approximate surface area is 126 Å². The zero-order valence-corrected chi connectivity index (χ0v) is 13.3. The van der Waals surface area contributed by atoms with Crippen LogP contribution in [0.15, 0.2) is 17.0 Å². The fourth-order valence-electron chi connectivity index (χ4n) is 3.00. The Morgan fingerprint density at radius 3 is 2.52 bits per heavy atom. The number of nitrogens with one attached hydrogen (secondary N) is 1. The SMILES string of the molecule is Cc1cc(N)cc(S(=O)(=O)NC(C)C2CCCCC2)c1F. The van der Waals surface area contributed by atoms with E-state index in [-0.39, 0.29) is 22.2 Å². The lowest BCUT2D eigenvalue weighted by molar-refractivity contribution is 0.303. The molecule has 0 radical (unpaired) electrons. The van der Waals surface area contributed by atoms with Crippen LogP contribution in [0.3, 0.4) is 0 Å². The van der Waals surface area contributed by atoms with Crippen molar-refractivity contribution in [1.29, 1.82) is 0 Å². The molecule has 0 heterocycles. The zero-order chi connectivity index (χ0) is 15.6. The molecule has 0 saturated heterocycles. The first-order valence-electron chi connectivity index (χ1n) is 7.39. The van der Waals surface area contributed by atoms with Crippen LogP contribution >= 0.6 is 0 Å². The molecule has 1 saturated carbocycles. The average Bonchev–Trinajstić information content (AvgIpc) is 2.43. The van der Waals surface area contributed by atoms with Crippen LogP contribution in [0.25, 0.3) is 0 Å². The second-order valence-corrected chi connectivity index (χ2v) is 7.64. The fraction of sp³-hybridized carbons (Fsp3) is 0.600. The molecule has 1 aromatic carbocycles. The second kappa shape index (κ2) is 6.32. The molecule has 0 bridgehead atoms. The van der Waals surface area contributed by atoms with Gasteiger partial charge in [0.15, 0.2) is 0 Å². The van der Waals surface area contributed by atoms with E-state index >= 15 is 0 Å². The van der Waals surface area contributed by atoms with Gasteiger partial charge in [0.25, 0.3) is 0 Å². The Kier molecular flexibility index (Phi) is 4.88. The summed E-state index contributed by atoms with van der Waals surface area (Å²) in [6, 6.07) is 2.41. The van der Waals surface area contributed by atoms with Crippen molar-refractivity contribution in [3.05, 3.63) is 23.5 Å². The predicted octanol–water partition coefficient (Wildman–Crippen LogP) is 2.96. The molecule has 1 unspecified atom stereocenters. The third-order valence-electron chi connectivity index (χ3n) is 4.23. The minimum Gasteiger partial charge on any atom is -0.399 e. The highest BCUT2D eigenvalue weighted by molar-refractivity contribution is 7.89. The number of nitrogen functional groups attached to an aromatic ring is 1. The summed E-state index contributed by atoms with van der Waals surface area (Å²) in [6.07, 6.45) is 5.49. The fourth-order valence-corrected chi connectivity index (χ4v) is 4.50. The van der Waals surface area contributed by atoms with Gasteiger partial charge >= 0.3 is 0 Å². The summed E-state index contributed by atoms with van der Waals surface area (Å²) in [5, 5.41) is 0. The number of sulfonamides is 1. The number of benzene rings is 1. The molecule has 1 fully saturated rings. The van der Waals surface area contributed by atoms with Gasteiger partial charge < -0.3 is 5.73 Å². The maximum Gasteiger partial charge on any atom is 0.243 e. The van der Waals surface area contributed by atoms with Crippen molar-refractivity contribution in [3.8, 4) is 0 Å². The van der Waals surface area contributed by atoms with E-state index in [2.05, 4.69) is 4.72 Å².